The number of ether oxygens (including phenoxy) is 2. The van der Waals surface area contributed by atoms with E-state index >= 15 is 0 Å². The molecular weight excluding hydrogens is 330 g/mol. The highest BCUT2D eigenvalue weighted by molar-refractivity contribution is 5.79. The van der Waals surface area contributed by atoms with Crippen molar-refractivity contribution in [3.05, 3.63) is 71.8 Å². The number of esters is 2. The molecule has 26 heavy (non-hydrogen) atoms. The van der Waals surface area contributed by atoms with Crippen LogP contribution in [0.1, 0.15) is 24.5 Å². The molecule has 0 heterocycles. The third-order valence-corrected chi connectivity index (χ3v) is 4.08. The Morgan fingerprint density at radius 2 is 1.50 bits per heavy atom. The van der Waals surface area contributed by atoms with Crippen LogP contribution in [-0.2, 0) is 32.1 Å². The lowest BCUT2D eigenvalue weighted by Gasteiger charge is -2.20. The van der Waals surface area contributed by atoms with Gasteiger partial charge in [-0.2, -0.15) is 0 Å². The van der Waals surface area contributed by atoms with E-state index < -0.39 is 18.1 Å². The quantitative estimate of drug-likeness (QED) is 0.701. The number of rotatable bonds is 9. The van der Waals surface area contributed by atoms with E-state index in [1.165, 1.54) is 7.11 Å². The van der Waals surface area contributed by atoms with Gasteiger partial charge in [-0.1, -0.05) is 60.7 Å². The van der Waals surface area contributed by atoms with Gasteiger partial charge in [-0.3, -0.25) is 14.9 Å². The van der Waals surface area contributed by atoms with Gasteiger partial charge in [-0.25, -0.2) is 0 Å². The molecule has 0 aliphatic carbocycles. The molecular formula is C21H25NO4. The second kappa shape index (κ2) is 10.4. The van der Waals surface area contributed by atoms with Crippen LogP contribution in [0.5, 0.6) is 0 Å². The van der Waals surface area contributed by atoms with Gasteiger partial charge in [0.05, 0.1) is 7.11 Å². The lowest BCUT2D eigenvalue weighted by atomic mass is 10.0. The first-order valence-corrected chi connectivity index (χ1v) is 8.68. The molecule has 2 aromatic carbocycles. The highest BCUT2D eigenvalue weighted by atomic mass is 16.5. The van der Waals surface area contributed by atoms with E-state index in [0.717, 1.165) is 11.1 Å². The Balaban J connectivity index is 1.87. The fourth-order valence-corrected chi connectivity index (χ4v) is 2.59. The van der Waals surface area contributed by atoms with Gasteiger partial charge in [0.1, 0.15) is 18.7 Å². The van der Waals surface area contributed by atoms with E-state index in [1.807, 2.05) is 60.7 Å². The van der Waals surface area contributed by atoms with Gasteiger partial charge >= 0.3 is 11.9 Å². The minimum absolute atomic E-state index is 0.207. The Bertz CT molecular complexity index is 688. The molecule has 0 amide bonds. The summed E-state index contributed by atoms with van der Waals surface area (Å²) in [5.41, 5.74) is 2.05. The molecule has 138 valence electrons. The minimum Gasteiger partial charge on any atom is -0.468 e. The maximum absolute atomic E-state index is 12.2. The summed E-state index contributed by atoms with van der Waals surface area (Å²) in [6.07, 6.45) is 1.24. The predicted molar refractivity (Wildman–Crippen MR) is 99.4 cm³/mol. The monoisotopic (exact) mass is 355 g/mol. The van der Waals surface area contributed by atoms with E-state index in [1.54, 1.807) is 6.92 Å². The fourth-order valence-electron chi connectivity index (χ4n) is 2.59. The van der Waals surface area contributed by atoms with Crippen LogP contribution in [0.3, 0.4) is 0 Å². The minimum atomic E-state index is -0.612. The molecule has 0 fully saturated rings. The molecule has 2 aromatic rings. The van der Waals surface area contributed by atoms with Gasteiger partial charge in [0.2, 0.25) is 0 Å². The highest BCUT2D eigenvalue weighted by Gasteiger charge is 2.25. The Kier molecular flexibility index (Phi) is 7.83. The standard InChI is InChI=1S/C21H25NO4/c1-16(20(23)26-15-18-11-7-4-8-12-18)22-19(21(24)25-2)14-13-17-9-5-3-6-10-17/h3-12,16,19,22H,13-15H2,1-2H3/t16-,19+/m1/s1. The molecule has 0 spiro atoms. The van der Waals surface area contributed by atoms with Crippen LogP contribution in [-0.4, -0.2) is 31.1 Å². The number of hydrogen-bond donors (Lipinski definition) is 1. The Morgan fingerprint density at radius 3 is 2.08 bits per heavy atom. The molecule has 0 aliphatic rings. The lowest BCUT2D eigenvalue weighted by molar-refractivity contribution is -0.148. The number of hydrogen-bond acceptors (Lipinski definition) is 5. The second-order valence-electron chi connectivity index (χ2n) is 6.08. The number of benzene rings is 2. The maximum Gasteiger partial charge on any atom is 0.323 e. The number of nitrogens with one attached hydrogen (secondary N) is 1. The normalized spacial score (nSPS) is 12.8. The number of carbonyl (C=O) groups excluding carboxylic acids is 2. The van der Waals surface area contributed by atoms with Crippen LogP contribution in [0.25, 0.3) is 0 Å². The molecule has 0 unspecified atom stereocenters. The van der Waals surface area contributed by atoms with Crippen LogP contribution in [0.2, 0.25) is 0 Å². The van der Waals surface area contributed by atoms with Crippen molar-refractivity contribution in [2.45, 2.75) is 38.5 Å². The SMILES string of the molecule is COC(=O)[C@H](CCc1ccccc1)N[C@H](C)C(=O)OCc1ccccc1. The van der Waals surface area contributed by atoms with Crippen molar-refractivity contribution in [3.63, 3.8) is 0 Å². The Labute approximate surface area is 154 Å². The number of methoxy groups -OCH3 is 1. The molecule has 5 heteroatoms. The van der Waals surface area contributed by atoms with E-state index in [9.17, 15) is 9.59 Å². The van der Waals surface area contributed by atoms with Crippen molar-refractivity contribution in [3.8, 4) is 0 Å². The molecule has 0 aromatic heterocycles. The van der Waals surface area contributed by atoms with E-state index in [0.29, 0.717) is 12.8 Å². The van der Waals surface area contributed by atoms with E-state index in [2.05, 4.69) is 5.32 Å². The zero-order valence-corrected chi connectivity index (χ0v) is 15.2. The summed E-state index contributed by atoms with van der Waals surface area (Å²) in [4.78, 5) is 24.2. The Hall–Kier alpha value is -2.66. The Morgan fingerprint density at radius 1 is 0.923 bits per heavy atom. The van der Waals surface area contributed by atoms with Crippen molar-refractivity contribution in [2.24, 2.45) is 0 Å². The largest absolute Gasteiger partial charge is 0.468 e. The van der Waals surface area contributed by atoms with Crippen molar-refractivity contribution < 1.29 is 19.1 Å². The third kappa shape index (κ3) is 6.33. The molecule has 0 bridgehead atoms. The van der Waals surface area contributed by atoms with Crippen molar-refractivity contribution >= 4 is 11.9 Å². The predicted octanol–water partition coefficient (Wildman–Crippen LogP) is 2.88. The molecule has 5 nitrogen and oxygen atoms in total. The third-order valence-electron chi connectivity index (χ3n) is 4.08. The van der Waals surface area contributed by atoms with Crippen LogP contribution in [0.4, 0.5) is 0 Å². The lowest BCUT2D eigenvalue weighted by Crippen LogP contribution is -2.46. The molecule has 2 rings (SSSR count). The van der Waals surface area contributed by atoms with Gasteiger partial charge in [-0.05, 0) is 30.9 Å². The number of carbonyl (C=O) groups is 2. The summed E-state index contributed by atoms with van der Waals surface area (Å²) >= 11 is 0. The van der Waals surface area contributed by atoms with Crippen LogP contribution in [0, 0.1) is 0 Å². The van der Waals surface area contributed by atoms with Crippen LogP contribution in [0.15, 0.2) is 60.7 Å². The van der Waals surface area contributed by atoms with Gasteiger partial charge in [0, 0.05) is 0 Å². The smallest absolute Gasteiger partial charge is 0.323 e. The first kappa shape index (κ1) is 19.7. The van der Waals surface area contributed by atoms with Gasteiger partial charge < -0.3 is 9.47 Å². The first-order chi connectivity index (χ1) is 12.6. The number of aryl methyl sites for hydroxylation is 1. The maximum atomic E-state index is 12.2. The molecule has 0 radical (unpaired) electrons. The molecule has 1 N–H and O–H groups in total. The highest BCUT2D eigenvalue weighted by Crippen LogP contribution is 2.08. The molecule has 2 atom stereocenters. The van der Waals surface area contributed by atoms with Crippen molar-refractivity contribution in [1.29, 1.82) is 0 Å². The molecule has 0 saturated heterocycles. The van der Waals surface area contributed by atoms with Crippen LogP contribution < -0.4 is 5.32 Å². The summed E-state index contributed by atoms with van der Waals surface area (Å²) in [7, 11) is 1.35. The zero-order valence-electron chi connectivity index (χ0n) is 15.2. The molecule has 0 aliphatic heterocycles. The topological polar surface area (TPSA) is 64.6 Å². The average Bonchev–Trinajstić information content (AvgIpc) is 2.70. The van der Waals surface area contributed by atoms with Gasteiger partial charge in [0.25, 0.3) is 0 Å². The van der Waals surface area contributed by atoms with Crippen molar-refractivity contribution in [1.82, 2.24) is 5.32 Å². The summed E-state index contributed by atoms with van der Waals surface area (Å²) < 4.78 is 10.2. The summed E-state index contributed by atoms with van der Waals surface area (Å²) in [5, 5.41) is 3.02. The zero-order chi connectivity index (χ0) is 18.8. The van der Waals surface area contributed by atoms with E-state index in [4.69, 9.17) is 9.47 Å². The van der Waals surface area contributed by atoms with Gasteiger partial charge in [0.15, 0.2) is 0 Å². The summed E-state index contributed by atoms with van der Waals surface area (Å²) in [6, 6.07) is 18.2. The van der Waals surface area contributed by atoms with Crippen LogP contribution >= 0.6 is 0 Å². The average molecular weight is 355 g/mol. The summed E-state index contributed by atoms with van der Waals surface area (Å²) in [6.45, 7) is 1.89. The first-order valence-electron chi connectivity index (χ1n) is 8.68. The fraction of sp³-hybridized carbons (Fsp3) is 0.333. The second-order valence-corrected chi connectivity index (χ2v) is 6.08. The van der Waals surface area contributed by atoms with E-state index in [-0.39, 0.29) is 12.6 Å². The van der Waals surface area contributed by atoms with Crippen molar-refractivity contribution in [2.75, 3.05) is 7.11 Å². The summed E-state index contributed by atoms with van der Waals surface area (Å²) in [5.74, 6) is -0.786. The molecule has 0 saturated carbocycles. The van der Waals surface area contributed by atoms with Gasteiger partial charge in [-0.15, -0.1) is 0 Å².